The van der Waals surface area contributed by atoms with Gasteiger partial charge in [0.15, 0.2) is 0 Å². The second-order valence-corrected chi connectivity index (χ2v) is 8.89. The molecule has 9 nitrogen and oxygen atoms in total. The average molecular weight is 480 g/mol. The van der Waals surface area contributed by atoms with Crippen LogP contribution in [-0.4, -0.2) is 41.6 Å². The number of carbonyl (C=O) groups is 3. The Balaban J connectivity index is 1.39. The molecule has 1 aliphatic rings. The van der Waals surface area contributed by atoms with Crippen LogP contribution in [0.25, 0.3) is 0 Å². The summed E-state index contributed by atoms with van der Waals surface area (Å²) < 4.78 is 5.18. The van der Waals surface area contributed by atoms with E-state index < -0.39 is 0 Å². The number of benzene rings is 2. The maximum Gasteiger partial charge on any atom is 0.257 e. The molecule has 10 heteroatoms. The Bertz CT molecular complexity index is 1190. The van der Waals surface area contributed by atoms with E-state index in [1.54, 1.807) is 36.3 Å². The second kappa shape index (κ2) is 10.4. The van der Waals surface area contributed by atoms with Crippen molar-refractivity contribution in [1.29, 1.82) is 0 Å². The number of ether oxygens (including phenoxy) is 1. The van der Waals surface area contributed by atoms with Gasteiger partial charge in [-0.2, -0.15) is 0 Å². The molecule has 176 valence electrons. The Morgan fingerprint density at radius 1 is 1.15 bits per heavy atom. The second-order valence-electron chi connectivity index (χ2n) is 7.88. The maximum absolute atomic E-state index is 12.7. The molecule has 1 unspecified atom stereocenters. The first kappa shape index (κ1) is 23.4. The van der Waals surface area contributed by atoms with Gasteiger partial charge in [0.2, 0.25) is 16.9 Å². The van der Waals surface area contributed by atoms with Crippen LogP contribution in [0.1, 0.15) is 47.5 Å². The number of anilines is 3. The topological polar surface area (TPSA) is 114 Å². The molecule has 34 heavy (non-hydrogen) atoms. The largest absolute Gasteiger partial charge is 0.497 e. The van der Waals surface area contributed by atoms with Crippen molar-refractivity contribution < 1.29 is 19.1 Å². The normalized spacial score (nSPS) is 15.3. The molecule has 0 spiro atoms. The van der Waals surface area contributed by atoms with Gasteiger partial charge in [0, 0.05) is 42.2 Å². The third-order valence-electron chi connectivity index (χ3n) is 5.41. The molecule has 2 aromatic carbocycles. The van der Waals surface area contributed by atoms with Gasteiger partial charge in [0.1, 0.15) is 10.8 Å². The molecule has 1 fully saturated rings. The van der Waals surface area contributed by atoms with E-state index in [0.29, 0.717) is 40.8 Å². The van der Waals surface area contributed by atoms with Crippen molar-refractivity contribution >= 4 is 45.6 Å². The predicted octanol–water partition coefficient (Wildman–Crippen LogP) is 4.06. The Hall–Kier alpha value is -3.79. The van der Waals surface area contributed by atoms with E-state index in [-0.39, 0.29) is 23.6 Å². The first-order chi connectivity index (χ1) is 16.5. The van der Waals surface area contributed by atoms with Crippen LogP contribution in [0.3, 0.4) is 0 Å². The van der Waals surface area contributed by atoms with Crippen LogP contribution in [0.5, 0.6) is 5.75 Å². The van der Waals surface area contributed by atoms with Crippen LogP contribution >= 0.6 is 11.3 Å². The van der Waals surface area contributed by atoms with Crippen molar-refractivity contribution in [3.63, 3.8) is 0 Å². The summed E-state index contributed by atoms with van der Waals surface area (Å²) in [4.78, 5) is 38.8. The van der Waals surface area contributed by atoms with E-state index in [0.717, 1.165) is 17.9 Å². The van der Waals surface area contributed by atoms with Crippen LogP contribution in [0.15, 0.2) is 48.5 Å². The van der Waals surface area contributed by atoms with Gasteiger partial charge in [0.05, 0.1) is 7.11 Å². The van der Waals surface area contributed by atoms with Crippen LogP contribution < -0.4 is 20.3 Å². The van der Waals surface area contributed by atoms with E-state index in [1.807, 2.05) is 31.2 Å². The van der Waals surface area contributed by atoms with E-state index in [2.05, 4.69) is 20.8 Å². The molecule has 3 aromatic rings. The fraction of sp³-hybridized carbons (Fsp3) is 0.292. The van der Waals surface area contributed by atoms with Crippen LogP contribution in [-0.2, 0) is 9.59 Å². The molecule has 0 radical (unpaired) electrons. The summed E-state index contributed by atoms with van der Waals surface area (Å²) in [6.07, 6.45) is 1.49. The number of nitrogens with zero attached hydrogens (tertiary/aromatic N) is 3. The fourth-order valence-electron chi connectivity index (χ4n) is 3.69. The van der Waals surface area contributed by atoms with Gasteiger partial charge in [0.25, 0.3) is 5.91 Å². The highest BCUT2D eigenvalue weighted by atomic mass is 32.1. The van der Waals surface area contributed by atoms with Crippen molar-refractivity contribution in [2.45, 2.75) is 32.1 Å². The number of methoxy groups -OCH3 is 1. The van der Waals surface area contributed by atoms with Crippen LogP contribution in [0.4, 0.5) is 16.5 Å². The standard InChI is InChI=1S/C24H25N5O4S/c1-3-5-20(30)25-17-7-4-6-15(12-17)22(32)26-24-28-27-23(34-24)16-13-21(31)29(14-16)18-8-10-19(33-2)11-9-18/h4,6-12,16H,3,5,13-14H2,1-2H3,(H,25,30)(H,26,28,32). The predicted molar refractivity (Wildman–Crippen MR) is 131 cm³/mol. The molecular formula is C24H25N5O4S. The molecule has 2 N–H and O–H groups in total. The van der Waals surface area contributed by atoms with Gasteiger partial charge < -0.3 is 15.0 Å². The summed E-state index contributed by atoms with van der Waals surface area (Å²) >= 11 is 1.26. The monoisotopic (exact) mass is 479 g/mol. The molecule has 0 saturated carbocycles. The number of rotatable bonds is 8. The number of hydrogen-bond acceptors (Lipinski definition) is 7. The number of carbonyl (C=O) groups excluding carboxylic acids is 3. The van der Waals surface area contributed by atoms with Gasteiger partial charge in [-0.05, 0) is 48.9 Å². The Morgan fingerprint density at radius 3 is 2.68 bits per heavy atom. The number of amides is 3. The van der Waals surface area contributed by atoms with Gasteiger partial charge in [-0.3, -0.25) is 19.7 Å². The third-order valence-corrected chi connectivity index (χ3v) is 6.41. The SMILES string of the molecule is CCCC(=O)Nc1cccc(C(=O)Nc2nnc(C3CC(=O)N(c4ccc(OC)cc4)C3)s2)c1. The third kappa shape index (κ3) is 5.40. The van der Waals surface area contributed by atoms with Crippen LogP contribution in [0.2, 0.25) is 0 Å². The summed E-state index contributed by atoms with van der Waals surface area (Å²) in [5.74, 6) is 0.193. The molecule has 1 saturated heterocycles. The Labute approximate surface area is 201 Å². The average Bonchev–Trinajstić information content (AvgIpc) is 3.46. The van der Waals surface area contributed by atoms with E-state index in [4.69, 9.17) is 4.74 Å². The number of nitrogens with one attached hydrogen (secondary N) is 2. The lowest BCUT2D eigenvalue weighted by atomic mass is 10.1. The van der Waals surface area contributed by atoms with Crippen molar-refractivity contribution in [1.82, 2.24) is 10.2 Å². The lowest BCUT2D eigenvalue weighted by molar-refractivity contribution is -0.117. The van der Waals surface area contributed by atoms with Crippen LogP contribution in [0, 0.1) is 0 Å². The first-order valence-corrected chi connectivity index (χ1v) is 11.8. The zero-order chi connectivity index (χ0) is 24.1. The summed E-state index contributed by atoms with van der Waals surface area (Å²) in [7, 11) is 1.60. The molecule has 2 heterocycles. The number of hydrogen-bond donors (Lipinski definition) is 2. The minimum absolute atomic E-state index is 0.0119. The fourth-order valence-corrected chi connectivity index (χ4v) is 4.52. The quantitative estimate of drug-likeness (QED) is 0.504. The molecule has 0 bridgehead atoms. The molecule has 0 aliphatic carbocycles. The number of aromatic nitrogens is 2. The summed E-state index contributed by atoms with van der Waals surface area (Å²) in [5.41, 5.74) is 1.76. The lowest BCUT2D eigenvalue weighted by Gasteiger charge is -2.16. The minimum Gasteiger partial charge on any atom is -0.497 e. The summed E-state index contributed by atoms with van der Waals surface area (Å²) in [6, 6.07) is 14.1. The highest BCUT2D eigenvalue weighted by molar-refractivity contribution is 7.15. The van der Waals surface area contributed by atoms with E-state index in [1.165, 1.54) is 11.3 Å². The molecule has 1 atom stereocenters. The first-order valence-electron chi connectivity index (χ1n) is 11.0. The van der Waals surface area contributed by atoms with Crippen molar-refractivity contribution in [2.24, 2.45) is 0 Å². The van der Waals surface area contributed by atoms with Crippen molar-refractivity contribution in [2.75, 3.05) is 29.2 Å². The smallest absolute Gasteiger partial charge is 0.257 e. The summed E-state index contributed by atoms with van der Waals surface area (Å²) in [5, 5.41) is 14.9. The molecule has 3 amide bonds. The molecule has 1 aromatic heterocycles. The van der Waals surface area contributed by atoms with Gasteiger partial charge in [-0.15, -0.1) is 10.2 Å². The van der Waals surface area contributed by atoms with E-state index in [9.17, 15) is 14.4 Å². The molecular weight excluding hydrogens is 454 g/mol. The van der Waals surface area contributed by atoms with Gasteiger partial charge >= 0.3 is 0 Å². The van der Waals surface area contributed by atoms with Crippen molar-refractivity contribution in [3.05, 3.63) is 59.1 Å². The Morgan fingerprint density at radius 2 is 1.94 bits per heavy atom. The summed E-state index contributed by atoms with van der Waals surface area (Å²) in [6.45, 7) is 2.42. The van der Waals surface area contributed by atoms with Gasteiger partial charge in [-0.25, -0.2) is 0 Å². The zero-order valence-electron chi connectivity index (χ0n) is 18.9. The minimum atomic E-state index is -0.350. The molecule has 4 rings (SSSR count). The highest BCUT2D eigenvalue weighted by Gasteiger charge is 2.34. The zero-order valence-corrected chi connectivity index (χ0v) is 19.7. The lowest BCUT2D eigenvalue weighted by Crippen LogP contribution is -2.24. The van der Waals surface area contributed by atoms with E-state index >= 15 is 0 Å². The Kier molecular flexibility index (Phi) is 7.17. The molecule has 1 aliphatic heterocycles. The highest BCUT2D eigenvalue weighted by Crippen LogP contribution is 2.34. The van der Waals surface area contributed by atoms with Gasteiger partial charge in [-0.1, -0.05) is 24.3 Å². The maximum atomic E-state index is 12.7. The van der Waals surface area contributed by atoms with Crippen molar-refractivity contribution in [3.8, 4) is 5.75 Å².